The number of carbonyl (C=O) groups excluding carboxylic acids is 1. The van der Waals surface area contributed by atoms with Gasteiger partial charge in [-0.1, -0.05) is 13.8 Å². The van der Waals surface area contributed by atoms with Crippen LogP contribution in [0.1, 0.15) is 20.3 Å². The smallest absolute Gasteiger partial charge is 0.239 e. The van der Waals surface area contributed by atoms with Crippen molar-refractivity contribution in [2.24, 2.45) is 11.7 Å². The highest BCUT2D eigenvalue weighted by Gasteiger charge is 2.18. The summed E-state index contributed by atoms with van der Waals surface area (Å²) in [7, 11) is 5.80. The van der Waals surface area contributed by atoms with Crippen molar-refractivity contribution in [1.82, 2.24) is 9.80 Å². The number of hydrogen-bond donors (Lipinski definition) is 1. The first-order chi connectivity index (χ1) is 6.84. The van der Waals surface area contributed by atoms with E-state index < -0.39 is 0 Å². The molecule has 0 bridgehead atoms. The molecule has 0 aromatic carbocycles. The summed E-state index contributed by atoms with van der Waals surface area (Å²) in [6.45, 7) is 5.76. The van der Waals surface area contributed by atoms with Crippen LogP contribution in [0.25, 0.3) is 0 Å². The summed E-state index contributed by atoms with van der Waals surface area (Å²) in [6.07, 6.45) is 0.755. The van der Waals surface area contributed by atoms with Crippen molar-refractivity contribution in [2.75, 3.05) is 34.2 Å². The van der Waals surface area contributed by atoms with Gasteiger partial charge in [0, 0.05) is 20.1 Å². The Morgan fingerprint density at radius 1 is 1.20 bits per heavy atom. The first-order valence-electron chi connectivity index (χ1n) is 5.50. The van der Waals surface area contributed by atoms with E-state index in [2.05, 4.69) is 18.7 Å². The van der Waals surface area contributed by atoms with Gasteiger partial charge < -0.3 is 15.5 Å². The molecule has 0 aromatic heterocycles. The molecule has 0 radical (unpaired) electrons. The zero-order valence-electron chi connectivity index (χ0n) is 10.7. The van der Waals surface area contributed by atoms with E-state index in [1.807, 2.05) is 21.1 Å². The van der Waals surface area contributed by atoms with Crippen molar-refractivity contribution in [1.29, 1.82) is 0 Å². The van der Waals surface area contributed by atoms with Gasteiger partial charge in [0.2, 0.25) is 5.91 Å². The van der Waals surface area contributed by atoms with Crippen LogP contribution in [0.4, 0.5) is 0 Å². The summed E-state index contributed by atoms with van der Waals surface area (Å²) in [6, 6.07) is -0.350. The van der Waals surface area contributed by atoms with Crippen molar-refractivity contribution in [3.05, 3.63) is 0 Å². The molecule has 0 aromatic rings. The zero-order chi connectivity index (χ0) is 12.0. The summed E-state index contributed by atoms with van der Waals surface area (Å²) in [4.78, 5) is 15.5. The fourth-order valence-corrected chi connectivity index (χ4v) is 1.35. The van der Waals surface area contributed by atoms with E-state index in [0.29, 0.717) is 5.92 Å². The minimum Gasteiger partial charge on any atom is -0.343 e. The van der Waals surface area contributed by atoms with E-state index in [1.165, 1.54) is 0 Å². The van der Waals surface area contributed by atoms with Gasteiger partial charge in [0.1, 0.15) is 0 Å². The molecule has 0 fully saturated rings. The van der Waals surface area contributed by atoms with E-state index in [9.17, 15) is 4.79 Å². The molecule has 1 amide bonds. The number of hydrogen-bond acceptors (Lipinski definition) is 3. The molecule has 0 spiro atoms. The molecular weight excluding hydrogens is 190 g/mol. The van der Waals surface area contributed by atoms with Crippen molar-refractivity contribution in [3.8, 4) is 0 Å². The highest BCUT2D eigenvalue weighted by atomic mass is 16.2. The van der Waals surface area contributed by atoms with Crippen LogP contribution >= 0.6 is 0 Å². The third kappa shape index (κ3) is 6.47. The molecule has 15 heavy (non-hydrogen) atoms. The molecule has 0 saturated carbocycles. The first-order valence-corrected chi connectivity index (χ1v) is 5.50. The Morgan fingerprint density at radius 3 is 2.13 bits per heavy atom. The van der Waals surface area contributed by atoms with Crippen molar-refractivity contribution < 1.29 is 4.79 Å². The maximum Gasteiger partial charge on any atom is 0.239 e. The standard InChI is InChI=1S/C11H25N3O/c1-9(2)8-10(12)11(15)14(5)7-6-13(3)4/h9-10H,6-8,12H2,1-5H3/t10-/m0/s1. The Bertz CT molecular complexity index is 192. The van der Waals surface area contributed by atoms with Crippen LogP contribution in [0.2, 0.25) is 0 Å². The summed E-state index contributed by atoms with van der Waals surface area (Å²) >= 11 is 0. The second-order valence-electron chi connectivity index (χ2n) is 4.80. The summed E-state index contributed by atoms with van der Waals surface area (Å²) in [5, 5.41) is 0. The van der Waals surface area contributed by atoms with E-state index in [1.54, 1.807) is 4.90 Å². The Balaban J connectivity index is 3.96. The highest BCUT2D eigenvalue weighted by molar-refractivity contribution is 5.81. The van der Waals surface area contributed by atoms with Gasteiger partial charge in [0.25, 0.3) is 0 Å². The van der Waals surface area contributed by atoms with Gasteiger partial charge in [-0.05, 0) is 26.4 Å². The van der Waals surface area contributed by atoms with Crippen LogP contribution in [0.3, 0.4) is 0 Å². The third-order valence-electron chi connectivity index (χ3n) is 2.30. The monoisotopic (exact) mass is 215 g/mol. The number of nitrogens with zero attached hydrogens (tertiary/aromatic N) is 2. The molecule has 0 heterocycles. The molecule has 0 aliphatic heterocycles. The Labute approximate surface area is 93.4 Å². The van der Waals surface area contributed by atoms with Gasteiger partial charge in [-0.25, -0.2) is 0 Å². The molecule has 2 N–H and O–H groups in total. The summed E-state index contributed by atoms with van der Waals surface area (Å²) < 4.78 is 0. The van der Waals surface area contributed by atoms with E-state index in [4.69, 9.17) is 5.73 Å². The van der Waals surface area contributed by atoms with Gasteiger partial charge in [-0.3, -0.25) is 4.79 Å². The molecule has 0 aliphatic carbocycles. The largest absolute Gasteiger partial charge is 0.343 e. The van der Waals surface area contributed by atoms with Gasteiger partial charge in [0.15, 0.2) is 0 Å². The van der Waals surface area contributed by atoms with E-state index >= 15 is 0 Å². The van der Waals surface area contributed by atoms with Gasteiger partial charge in [-0.15, -0.1) is 0 Å². The van der Waals surface area contributed by atoms with Crippen LogP contribution in [0, 0.1) is 5.92 Å². The normalized spacial score (nSPS) is 13.3. The fourth-order valence-electron chi connectivity index (χ4n) is 1.35. The van der Waals surface area contributed by atoms with Gasteiger partial charge in [-0.2, -0.15) is 0 Å². The second-order valence-corrected chi connectivity index (χ2v) is 4.80. The lowest BCUT2D eigenvalue weighted by Crippen LogP contribution is -2.44. The summed E-state index contributed by atoms with van der Waals surface area (Å²) in [5.74, 6) is 0.511. The lowest BCUT2D eigenvalue weighted by atomic mass is 10.0. The zero-order valence-corrected chi connectivity index (χ0v) is 10.7. The SMILES string of the molecule is CC(C)C[C@H](N)C(=O)N(C)CCN(C)C. The number of carbonyl (C=O) groups is 1. The van der Waals surface area contributed by atoms with E-state index in [-0.39, 0.29) is 11.9 Å². The van der Waals surface area contributed by atoms with Crippen LogP contribution in [-0.4, -0.2) is 56.0 Å². The van der Waals surface area contributed by atoms with E-state index in [0.717, 1.165) is 19.5 Å². The van der Waals surface area contributed by atoms with Crippen molar-refractivity contribution in [3.63, 3.8) is 0 Å². The predicted octanol–water partition coefficient (Wildman–Crippen LogP) is 0.380. The molecule has 0 rings (SSSR count). The molecule has 0 saturated heterocycles. The number of rotatable bonds is 6. The fraction of sp³-hybridized carbons (Fsp3) is 0.909. The predicted molar refractivity (Wildman–Crippen MR) is 63.6 cm³/mol. The third-order valence-corrected chi connectivity index (χ3v) is 2.30. The van der Waals surface area contributed by atoms with Crippen LogP contribution in [0.15, 0.2) is 0 Å². The average Bonchev–Trinajstić information content (AvgIpc) is 2.11. The first kappa shape index (κ1) is 14.4. The van der Waals surface area contributed by atoms with Gasteiger partial charge >= 0.3 is 0 Å². The van der Waals surface area contributed by atoms with Crippen LogP contribution in [0.5, 0.6) is 0 Å². The number of nitrogens with two attached hydrogens (primary N) is 1. The molecule has 4 nitrogen and oxygen atoms in total. The number of amides is 1. The molecule has 0 unspecified atom stereocenters. The summed E-state index contributed by atoms with van der Waals surface area (Å²) in [5.41, 5.74) is 5.82. The molecule has 4 heteroatoms. The van der Waals surface area contributed by atoms with Gasteiger partial charge in [0.05, 0.1) is 6.04 Å². The molecule has 1 atom stereocenters. The maximum absolute atomic E-state index is 11.8. The van der Waals surface area contributed by atoms with Crippen molar-refractivity contribution in [2.45, 2.75) is 26.3 Å². The molecular formula is C11H25N3O. The maximum atomic E-state index is 11.8. The average molecular weight is 215 g/mol. The highest BCUT2D eigenvalue weighted by Crippen LogP contribution is 2.04. The van der Waals surface area contributed by atoms with Crippen molar-refractivity contribution >= 4 is 5.91 Å². The Hall–Kier alpha value is -0.610. The quantitative estimate of drug-likeness (QED) is 0.697. The lowest BCUT2D eigenvalue weighted by molar-refractivity contribution is -0.131. The van der Waals surface area contributed by atoms with Crippen LogP contribution < -0.4 is 5.73 Å². The second kappa shape index (κ2) is 6.80. The number of likely N-dealkylation sites (N-methyl/N-ethyl adjacent to an activating group) is 2. The van der Waals surface area contributed by atoms with Crippen LogP contribution in [-0.2, 0) is 4.79 Å². The molecule has 0 aliphatic rings. The topological polar surface area (TPSA) is 49.6 Å². The minimum atomic E-state index is -0.350. The molecule has 90 valence electrons. The Morgan fingerprint density at radius 2 is 1.73 bits per heavy atom. The minimum absolute atomic E-state index is 0.0468. The Kier molecular flexibility index (Phi) is 6.52. The lowest BCUT2D eigenvalue weighted by Gasteiger charge is -2.23.